The Balaban J connectivity index is 2.60. The lowest BCUT2D eigenvalue weighted by atomic mass is 9.98. The Morgan fingerprint density at radius 2 is 2.22 bits per heavy atom. The van der Waals surface area contributed by atoms with Gasteiger partial charge in [0.2, 0.25) is 0 Å². The van der Waals surface area contributed by atoms with E-state index in [0.29, 0.717) is 12.1 Å². The van der Waals surface area contributed by atoms with Gasteiger partial charge in [0.25, 0.3) is 0 Å². The zero-order chi connectivity index (χ0) is 13.6. The fraction of sp³-hybridized carbons (Fsp3) is 1.00. The minimum atomic E-state index is -0.0559. The Labute approximate surface area is 112 Å². The summed E-state index contributed by atoms with van der Waals surface area (Å²) in [7, 11) is 1.75. The van der Waals surface area contributed by atoms with Gasteiger partial charge in [0.15, 0.2) is 0 Å². The predicted molar refractivity (Wildman–Crippen MR) is 74.9 cm³/mol. The van der Waals surface area contributed by atoms with Gasteiger partial charge in [-0.15, -0.1) is 0 Å². The number of methoxy groups -OCH3 is 1. The number of nitrogens with one attached hydrogen (secondary N) is 1. The molecule has 18 heavy (non-hydrogen) atoms. The molecule has 0 aliphatic heterocycles. The average Bonchev–Trinajstić information content (AvgIpc) is 2.75. The van der Waals surface area contributed by atoms with Gasteiger partial charge in [-0.2, -0.15) is 0 Å². The van der Waals surface area contributed by atoms with Crippen LogP contribution in [0.5, 0.6) is 0 Å². The van der Waals surface area contributed by atoms with Crippen molar-refractivity contribution in [3.63, 3.8) is 0 Å². The number of ether oxygens (including phenoxy) is 1. The Bertz CT molecular complexity index is 236. The molecular formula is C14H30N2O2. The van der Waals surface area contributed by atoms with Gasteiger partial charge in [0.1, 0.15) is 0 Å². The maximum absolute atomic E-state index is 9.66. The van der Waals surface area contributed by atoms with Crippen LogP contribution in [-0.4, -0.2) is 61.0 Å². The summed E-state index contributed by atoms with van der Waals surface area (Å²) in [6.45, 7) is 9.51. The highest BCUT2D eigenvalue weighted by Gasteiger charge is 2.40. The van der Waals surface area contributed by atoms with Gasteiger partial charge in [0.05, 0.1) is 13.2 Å². The molecule has 2 unspecified atom stereocenters. The SMILES string of the molecule is CCNC1(CO)CCC(N(CCOC)C(C)C)C1. The second kappa shape index (κ2) is 7.43. The lowest BCUT2D eigenvalue weighted by Crippen LogP contribution is -2.49. The first-order chi connectivity index (χ1) is 8.58. The molecule has 1 aliphatic carbocycles. The van der Waals surface area contributed by atoms with E-state index in [4.69, 9.17) is 4.74 Å². The molecule has 2 N–H and O–H groups in total. The third-order valence-electron chi connectivity index (χ3n) is 4.12. The Hall–Kier alpha value is -0.160. The minimum absolute atomic E-state index is 0.0559. The van der Waals surface area contributed by atoms with Gasteiger partial charge in [0, 0.05) is 31.3 Å². The monoisotopic (exact) mass is 258 g/mol. The van der Waals surface area contributed by atoms with E-state index in [0.717, 1.165) is 39.0 Å². The van der Waals surface area contributed by atoms with Crippen LogP contribution in [0.4, 0.5) is 0 Å². The number of nitrogens with zero attached hydrogens (tertiary/aromatic N) is 1. The second-order valence-corrected chi connectivity index (χ2v) is 5.69. The first kappa shape index (κ1) is 15.9. The van der Waals surface area contributed by atoms with Gasteiger partial charge >= 0.3 is 0 Å². The summed E-state index contributed by atoms with van der Waals surface area (Å²) < 4.78 is 5.20. The summed E-state index contributed by atoms with van der Waals surface area (Å²) in [5.74, 6) is 0. The fourth-order valence-electron chi connectivity index (χ4n) is 3.18. The van der Waals surface area contributed by atoms with Crippen molar-refractivity contribution in [2.75, 3.05) is 33.4 Å². The van der Waals surface area contributed by atoms with Crippen molar-refractivity contribution in [2.45, 2.75) is 57.7 Å². The Morgan fingerprint density at radius 1 is 1.50 bits per heavy atom. The Kier molecular flexibility index (Phi) is 6.57. The minimum Gasteiger partial charge on any atom is -0.394 e. The smallest absolute Gasteiger partial charge is 0.0613 e. The zero-order valence-electron chi connectivity index (χ0n) is 12.4. The molecule has 1 rings (SSSR count). The molecular weight excluding hydrogens is 228 g/mol. The summed E-state index contributed by atoms with van der Waals surface area (Å²) in [4.78, 5) is 2.51. The van der Waals surface area contributed by atoms with Crippen LogP contribution in [-0.2, 0) is 4.74 Å². The van der Waals surface area contributed by atoms with Crippen molar-refractivity contribution in [1.29, 1.82) is 0 Å². The molecule has 0 aromatic heterocycles. The quantitative estimate of drug-likeness (QED) is 0.687. The van der Waals surface area contributed by atoms with Crippen molar-refractivity contribution >= 4 is 0 Å². The van der Waals surface area contributed by atoms with Crippen LogP contribution in [0.3, 0.4) is 0 Å². The second-order valence-electron chi connectivity index (χ2n) is 5.69. The average molecular weight is 258 g/mol. The van der Waals surface area contributed by atoms with Crippen molar-refractivity contribution < 1.29 is 9.84 Å². The number of hydrogen-bond donors (Lipinski definition) is 2. The highest BCUT2D eigenvalue weighted by molar-refractivity contribution is 4.99. The van der Waals surface area contributed by atoms with Crippen LogP contribution in [0, 0.1) is 0 Å². The van der Waals surface area contributed by atoms with E-state index in [2.05, 4.69) is 31.0 Å². The van der Waals surface area contributed by atoms with Gasteiger partial charge in [-0.1, -0.05) is 6.92 Å². The van der Waals surface area contributed by atoms with E-state index in [1.165, 1.54) is 0 Å². The van der Waals surface area contributed by atoms with Crippen LogP contribution >= 0.6 is 0 Å². The molecule has 0 saturated heterocycles. The summed E-state index contributed by atoms with van der Waals surface area (Å²) in [5.41, 5.74) is -0.0559. The topological polar surface area (TPSA) is 44.7 Å². The summed E-state index contributed by atoms with van der Waals surface area (Å²) >= 11 is 0. The summed E-state index contributed by atoms with van der Waals surface area (Å²) in [6, 6.07) is 1.09. The lowest BCUT2D eigenvalue weighted by Gasteiger charge is -2.34. The molecule has 1 fully saturated rings. The van der Waals surface area contributed by atoms with E-state index >= 15 is 0 Å². The molecule has 0 amide bonds. The number of likely N-dealkylation sites (N-methyl/N-ethyl adjacent to an activating group) is 1. The number of aliphatic hydroxyl groups is 1. The molecule has 4 nitrogen and oxygen atoms in total. The van der Waals surface area contributed by atoms with Crippen LogP contribution in [0.1, 0.15) is 40.0 Å². The first-order valence-electron chi connectivity index (χ1n) is 7.19. The van der Waals surface area contributed by atoms with E-state index in [1.54, 1.807) is 7.11 Å². The van der Waals surface area contributed by atoms with Crippen LogP contribution in [0.25, 0.3) is 0 Å². The molecule has 0 spiro atoms. The summed E-state index contributed by atoms with van der Waals surface area (Å²) in [5, 5.41) is 13.1. The highest BCUT2D eigenvalue weighted by Crippen LogP contribution is 2.33. The van der Waals surface area contributed by atoms with E-state index in [1.807, 2.05) is 0 Å². The zero-order valence-corrected chi connectivity index (χ0v) is 12.4. The Morgan fingerprint density at radius 3 is 2.72 bits per heavy atom. The van der Waals surface area contributed by atoms with E-state index in [9.17, 15) is 5.11 Å². The molecule has 0 aromatic carbocycles. The van der Waals surface area contributed by atoms with Crippen LogP contribution in [0.2, 0.25) is 0 Å². The molecule has 108 valence electrons. The first-order valence-corrected chi connectivity index (χ1v) is 7.19. The molecule has 0 aromatic rings. The molecule has 0 bridgehead atoms. The molecule has 0 heterocycles. The van der Waals surface area contributed by atoms with Crippen molar-refractivity contribution in [2.24, 2.45) is 0 Å². The van der Waals surface area contributed by atoms with Gasteiger partial charge in [-0.25, -0.2) is 0 Å². The third kappa shape index (κ3) is 3.92. The third-order valence-corrected chi connectivity index (χ3v) is 4.12. The molecule has 4 heteroatoms. The standard InChI is InChI=1S/C14H30N2O2/c1-5-15-14(11-17)7-6-13(10-14)16(12(2)3)8-9-18-4/h12-13,15,17H,5-11H2,1-4H3. The highest BCUT2D eigenvalue weighted by atomic mass is 16.5. The lowest BCUT2D eigenvalue weighted by molar-refractivity contribution is 0.0880. The number of aliphatic hydroxyl groups excluding tert-OH is 1. The summed E-state index contributed by atoms with van der Waals surface area (Å²) in [6.07, 6.45) is 3.27. The van der Waals surface area contributed by atoms with Gasteiger partial charge < -0.3 is 15.2 Å². The van der Waals surface area contributed by atoms with Crippen molar-refractivity contribution in [1.82, 2.24) is 10.2 Å². The van der Waals surface area contributed by atoms with Gasteiger partial charge in [-0.3, -0.25) is 4.90 Å². The maximum Gasteiger partial charge on any atom is 0.0613 e. The van der Waals surface area contributed by atoms with Crippen molar-refractivity contribution in [3.05, 3.63) is 0 Å². The normalized spacial score (nSPS) is 28.5. The molecule has 2 atom stereocenters. The molecule has 1 saturated carbocycles. The number of rotatable bonds is 8. The molecule has 0 radical (unpaired) electrons. The number of hydrogen-bond acceptors (Lipinski definition) is 4. The van der Waals surface area contributed by atoms with E-state index < -0.39 is 0 Å². The van der Waals surface area contributed by atoms with E-state index in [-0.39, 0.29) is 12.1 Å². The largest absolute Gasteiger partial charge is 0.394 e. The van der Waals surface area contributed by atoms with Gasteiger partial charge in [-0.05, 0) is 39.7 Å². The van der Waals surface area contributed by atoms with Crippen molar-refractivity contribution in [3.8, 4) is 0 Å². The maximum atomic E-state index is 9.66. The van der Waals surface area contributed by atoms with Crippen LogP contribution < -0.4 is 5.32 Å². The fourth-order valence-corrected chi connectivity index (χ4v) is 3.18. The predicted octanol–water partition coefficient (Wildman–Crippen LogP) is 1.24. The molecule has 1 aliphatic rings. The van der Waals surface area contributed by atoms with Crippen LogP contribution in [0.15, 0.2) is 0 Å².